The maximum atomic E-state index is 12.8. The second-order valence-electron chi connectivity index (χ2n) is 20.3. The first kappa shape index (κ1) is 61.4. The summed E-state index contributed by atoms with van der Waals surface area (Å²) in [7, 11) is 0. The van der Waals surface area contributed by atoms with Crippen LogP contribution in [0.1, 0.15) is 317 Å². The highest BCUT2D eigenvalue weighted by Gasteiger charge is 2.19. The summed E-state index contributed by atoms with van der Waals surface area (Å²) in [4.78, 5) is 38.1. The number of esters is 3. The van der Waals surface area contributed by atoms with E-state index in [4.69, 9.17) is 14.2 Å². The molecule has 0 bridgehead atoms. The van der Waals surface area contributed by atoms with Crippen LogP contribution in [0.25, 0.3) is 0 Å². The van der Waals surface area contributed by atoms with Crippen LogP contribution in [0.3, 0.4) is 0 Å². The number of hydrogen-bond acceptors (Lipinski definition) is 6. The third kappa shape index (κ3) is 49.7. The lowest BCUT2D eigenvalue weighted by Gasteiger charge is -2.18. The molecule has 0 aromatic carbocycles. The van der Waals surface area contributed by atoms with Crippen molar-refractivity contribution in [3.8, 4) is 0 Å². The van der Waals surface area contributed by atoms with Gasteiger partial charge in [0.15, 0.2) is 6.10 Å². The Hall–Kier alpha value is -1.59. The van der Waals surface area contributed by atoms with Crippen LogP contribution in [0.5, 0.6) is 0 Å². The molecule has 0 fully saturated rings. The molecule has 0 saturated heterocycles. The number of unbranched alkanes of at least 4 members (excludes halogenated alkanes) is 35. The van der Waals surface area contributed by atoms with Gasteiger partial charge in [0.1, 0.15) is 13.2 Å². The van der Waals surface area contributed by atoms with Gasteiger partial charge in [-0.2, -0.15) is 0 Å². The van der Waals surface area contributed by atoms with E-state index >= 15 is 0 Å². The fraction of sp³-hybridized carbons (Fsp3) is 0.947. The molecule has 0 heterocycles. The highest BCUT2D eigenvalue weighted by molar-refractivity contribution is 5.71. The van der Waals surface area contributed by atoms with Crippen LogP contribution in [0.2, 0.25) is 0 Å². The third-order valence-corrected chi connectivity index (χ3v) is 13.3. The molecule has 0 saturated carbocycles. The molecule has 6 nitrogen and oxygen atoms in total. The van der Waals surface area contributed by atoms with Gasteiger partial charge in [0.05, 0.1) is 0 Å². The van der Waals surface area contributed by atoms with Crippen LogP contribution < -0.4 is 0 Å². The number of hydrogen-bond donors (Lipinski definition) is 0. The normalized spacial score (nSPS) is 12.5. The van der Waals surface area contributed by atoms with E-state index in [1.807, 2.05) is 0 Å². The minimum Gasteiger partial charge on any atom is -0.462 e. The molecule has 0 radical (unpaired) electrons. The minimum absolute atomic E-state index is 0.0629. The second kappa shape index (κ2) is 49.8. The molecule has 0 aromatic rings. The fourth-order valence-corrected chi connectivity index (χ4v) is 8.66. The van der Waals surface area contributed by atoms with Crippen LogP contribution >= 0.6 is 0 Å². The van der Waals surface area contributed by atoms with Gasteiger partial charge in [-0.05, 0) is 31.1 Å². The first-order chi connectivity index (χ1) is 30.8. The number of carbonyl (C=O) groups is 3. The van der Waals surface area contributed by atoms with Crippen molar-refractivity contribution in [3.05, 3.63) is 0 Å². The molecule has 0 amide bonds. The monoisotopic (exact) mass is 891 g/mol. The lowest BCUT2D eigenvalue weighted by molar-refractivity contribution is -0.167. The van der Waals surface area contributed by atoms with E-state index in [0.29, 0.717) is 19.3 Å². The van der Waals surface area contributed by atoms with E-state index in [1.54, 1.807) is 0 Å². The first-order valence-electron chi connectivity index (χ1n) is 28.3. The zero-order valence-electron chi connectivity index (χ0n) is 43.2. The maximum absolute atomic E-state index is 12.8. The van der Waals surface area contributed by atoms with Gasteiger partial charge in [-0.15, -0.1) is 0 Å². The van der Waals surface area contributed by atoms with Gasteiger partial charge in [-0.3, -0.25) is 14.4 Å². The van der Waals surface area contributed by atoms with E-state index in [0.717, 1.165) is 69.6 Å². The van der Waals surface area contributed by atoms with Crippen LogP contribution in [-0.2, 0) is 28.6 Å². The summed E-state index contributed by atoms with van der Waals surface area (Å²) in [5.41, 5.74) is 0. The average Bonchev–Trinajstić information content (AvgIpc) is 3.27. The Morgan fingerprint density at radius 1 is 0.333 bits per heavy atom. The van der Waals surface area contributed by atoms with Crippen molar-refractivity contribution < 1.29 is 28.6 Å². The number of ether oxygens (including phenoxy) is 3. The molecule has 1 unspecified atom stereocenters. The average molecular weight is 892 g/mol. The molecule has 374 valence electrons. The van der Waals surface area contributed by atoms with Gasteiger partial charge in [0, 0.05) is 19.3 Å². The summed E-state index contributed by atoms with van der Waals surface area (Å²) < 4.78 is 16.9. The quantitative estimate of drug-likeness (QED) is 0.0344. The zero-order chi connectivity index (χ0) is 46.1. The first-order valence-corrected chi connectivity index (χ1v) is 28.3. The van der Waals surface area contributed by atoms with Crippen molar-refractivity contribution in [3.63, 3.8) is 0 Å². The maximum Gasteiger partial charge on any atom is 0.306 e. The standard InChI is InChI=1S/C57H110O6/c1-6-8-9-10-11-12-13-14-18-22-29-34-39-44-49-57(60)63-54(51-62-56(59)48-43-38-33-28-24-23-25-30-35-40-45-52(3)4)50-61-55(58)47-42-37-32-27-21-19-16-15-17-20-26-31-36-41-46-53(5)7-2/h52-54H,6-51H2,1-5H3/t53?,54-/m1/s1. The molecule has 0 aliphatic carbocycles. The van der Waals surface area contributed by atoms with E-state index in [-0.39, 0.29) is 31.1 Å². The zero-order valence-corrected chi connectivity index (χ0v) is 43.2. The van der Waals surface area contributed by atoms with Gasteiger partial charge in [0.25, 0.3) is 0 Å². The third-order valence-electron chi connectivity index (χ3n) is 13.3. The van der Waals surface area contributed by atoms with E-state index in [9.17, 15) is 14.4 Å². The van der Waals surface area contributed by atoms with Crippen LogP contribution in [-0.4, -0.2) is 37.2 Å². The summed E-state index contributed by atoms with van der Waals surface area (Å²) in [5.74, 6) is 0.873. The Bertz CT molecular complexity index is 964. The summed E-state index contributed by atoms with van der Waals surface area (Å²) in [6.07, 6.45) is 52.2. The Labute approximate surface area is 393 Å². The summed E-state index contributed by atoms with van der Waals surface area (Å²) in [6, 6.07) is 0. The smallest absolute Gasteiger partial charge is 0.306 e. The predicted octanol–water partition coefficient (Wildman–Crippen LogP) is 18.5. The van der Waals surface area contributed by atoms with Gasteiger partial charge < -0.3 is 14.2 Å². The summed E-state index contributed by atoms with van der Waals surface area (Å²) in [5, 5.41) is 0. The largest absolute Gasteiger partial charge is 0.462 e. The molecular formula is C57H110O6. The molecule has 0 aliphatic rings. The molecule has 63 heavy (non-hydrogen) atoms. The highest BCUT2D eigenvalue weighted by atomic mass is 16.6. The summed E-state index contributed by atoms with van der Waals surface area (Å²) in [6.45, 7) is 11.4. The summed E-state index contributed by atoms with van der Waals surface area (Å²) >= 11 is 0. The SMILES string of the molecule is CCCCCCCCCCCCCCCCC(=O)O[C@H](COC(=O)CCCCCCCCCCCCCCCCC(C)CC)COC(=O)CCCCCCCCCCCCC(C)C. The molecule has 0 aliphatic heterocycles. The van der Waals surface area contributed by atoms with Gasteiger partial charge in [-0.25, -0.2) is 0 Å². The molecule has 0 N–H and O–H groups in total. The van der Waals surface area contributed by atoms with Crippen molar-refractivity contribution in [2.45, 2.75) is 323 Å². The predicted molar refractivity (Wildman–Crippen MR) is 270 cm³/mol. The minimum atomic E-state index is -0.762. The van der Waals surface area contributed by atoms with E-state index in [1.165, 1.54) is 205 Å². The van der Waals surface area contributed by atoms with Gasteiger partial charge >= 0.3 is 17.9 Å². The molecule has 0 rings (SSSR count). The molecule has 6 heteroatoms. The van der Waals surface area contributed by atoms with Crippen molar-refractivity contribution in [2.24, 2.45) is 11.8 Å². The molecule has 0 spiro atoms. The second-order valence-corrected chi connectivity index (χ2v) is 20.3. The molecule has 2 atom stereocenters. The van der Waals surface area contributed by atoms with Crippen LogP contribution in [0.4, 0.5) is 0 Å². The van der Waals surface area contributed by atoms with Gasteiger partial charge in [-0.1, -0.05) is 279 Å². The highest BCUT2D eigenvalue weighted by Crippen LogP contribution is 2.18. The molecular weight excluding hydrogens is 781 g/mol. The lowest BCUT2D eigenvalue weighted by Crippen LogP contribution is -2.30. The number of rotatable bonds is 51. The molecule has 0 aromatic heterocycles. The number of carbonyl (C=O) groups excluding carboxylic acids is 3. The Kier molecular flexibility index (Phi) is 48.6. The van der Waals surface area contributed by atoms with Crippen molar-refractivity contribution in [1.82, 2.24) is 0 Å². The Morgan fingerprint density at radius 3 is 0.905 bits per heavy atom. The van der Waals surface area contributed by atoms with Crippen LogP contribution in [0.15, 0.2) is 0 Å². The lowest BCUT2D eigenvalue weighted by atomic mass is 9.99. The van der Waals surface area contributed by atoms with E-state index in [2.05, 4.69) is 34.6 Å². The fourth-order valence-electron chi connectivity index (χ4n) is 8.66. The van der Waals surface area contributed by atoms with Gasteiger partial charge in [0.2, 0.25) is 0 Å². The van der Waals surface area contributed by atoms with Crippen LogP contribution in [0, 0.1) is 11.8 Å². The Morgan fingerprint density at radius 2 is 0.603 bits per heavy atom. The van der Waals surface area contributed by atoms with E-state index < -0.39 is 6.10 Å². The Balaban J connectivity index is 4.29. The van der Waals surface area contributed by atoms with Crippen molar-refractivity contribution >= 4 is 17.9 Å². The topological polar surface area (TPSA) is 78.9 Å². The van der Waals surface area contributed by atoms with Crippen molar-refractivity contribution in [2.75, 3.05) is 13.2 Å². The van der Waals surface area contributed by atoms with Crippen molar-refractivity contribution in [1.29, 1.82) is 0 Å².